The number of amides is 2. The van der Waals surface area contributed by atoms with E-state index in [4.69, 9.17) is 4.74 Å². The Morgan fingerprint density at radius 2 is 1.85 bits per heavy atom. The number of rotatable bonds is 7. The number of benzene rings is 2. The van der Waals surface area contributed by atoms with Crippen molar-refractivity contribution >= 4 is 34.1 Å². The number of carbonyl (C=O) groups is 2. The summed E-state index contributed by atoms with van der Waals surface area (Å²) in [7, 11) is 0. The van der Waals surface area contributed by atoms with Gasteiger partial charge in [0.25, 0.3) is 5.91 Å². The second kappa shape index (κ2) is 10.4. The predicted octanol–water partition coefficient (Wildman–Crippen LogP) is 2.58. The van der Waals surface area contributed by atoms with Crippen LogP contribution in [0.1, 0.15) is 18.1 Å². The summed E-state index contributed by atoms with van der Waals surface area (Å²) >= 11 is 3.33. The Kier molecular flexibility index (Phi) is 7.97. The topological polar surface area (TPSA) is 100 Å². The van der Waals surface area contributed by atoms with E-state index in [1.165, 1.54) is 13.1 Å². The van der Waals surface area contributed by atoms with Gasteiger partial charge in [-0.1, -0.05) is 58.4 Å². The minimum Gasteiger partial charge on any atom is -0.445 e. The average molecular weight is 434 g/mol. The largest absolute Gasteiger partial charge is 0.445 e. The number of hydrazone groups is 1. The Balaban J connectivity index is 1.86. The number of aliphatic hydroxyl groups excluding tert-OH is 1. The molecule has 2 aromatic carbocycles. The van der Waals surface area contributed by atoms with Gasteiger partial charge in [0, 0.05) is 4.47 Å². The summed E-state index contributed by atoms with van der Waals surface area (Å²) in [5.74, 6) is -0.657. The molecule has 142 valence electrons. The van der Waals surface area contributed by atoms with Crippen LogP contribution in [-0.4, -0.2) is 35.5 Å². The average Bonchev–Trinajstić information content (AvgIpc) is 2.66. The molecule has 0 heterocycles. The molecule has 0 aliphatic rings. The van der Waals surface area contributed by atoms with Crippen LogP contribution in [-0.2, 0) is 16.1 Å². The van der Waals surface area contributed by atoms with Crippen molar-refractivity contribution < 1.29 is 19.4 Å². The van der Waals surface area contributed by atoms with E-state index in [2.05, 4.69) is 31.8 Å². The smallest absolute Gasteiger partial charge is 0.408 e. The van der Waals surface area contributed by atoms with Gasteiger partial charge in [0.1, 0.15) is 12.6 Å². The Hall–Kier alpha value is -2.71. The number of hydrogen-bond donors (Lipinski definition) is 3. The molecule has 0 fully saturated rings. The molecular weight excluding hydrogens is 414 g/mol. The van der Waals surface area contributed by atoms with Crippen molar-refractivity contribution in [3.63, 3.8) is 0 Å². The summed E-state index contributed by atoms with van der Waals surface area (Å²) in [4.78, 5) is 24.1. The molecule has 0 aliphatic carbocycles. The van der Waals surface area contributed by atoms with Gasteiger partial charge in [-0.2, -0.15) is 5.10 Å². The molecular formula is C19H20BrN3O4. The third kappa shape index (κ3) is 7.20. The van der Waals surface area contributed by atoms with Gasteiger partial charge in [0.2, 0.25) is 0 Å². The molecule has 2 amide bonds. The van der Waals surface area contributed by atoms with E-state index in [9.17, 15) is 14.7 Å². The third-order valence-corrected chi connectivity index (χ3v) is 4.04. The normalized spacial score (nSPS) is 13.0. The first kappa shape index (κ1) is 20.6. The zero-order valence-corrected chi connectivity index (χ0v) is 16.2. The number of hydrogen-bond acceptors (Lipinski definition) is 5. The van der Waals surface area contributed by atoms with Crippen LogP contribution in [0, 0.1) is 0 Å². The van der Waals surface area contributed by atoms with Crippen molar-refractivity contribution in [2.45, 2.75) is 25.7 Å². The minimum absolute atomic E-state index is 0.0581. The SMILES string of the molecule is CC(O)C(NC(=O)OCc1ccccc1)C(=O)NN=Cc1ccc(Br)cc1. The lowest BCUT2D eigenvalue weighted by Gasteiger charge is -2.19. The molecule has 0 radical (unpaired) electrons. The first-order chi connectivity index (χ1) is 13.0. The Morgan fingerprint density at radius 3 is 2.48 bits per heavy atom. The second-order valence-electron chi connectivity index (χ2n) is 5.71. The fourth-order valence-corrected chi connectivity index (χ4v) is 2.35. The highest BCUT2D eigenvalue weighted by molar-refractivity contribution is 9.10. The van der Waals surface area contributed by atoms with E-state index >= 15 is 0 Å². The van der Waals surface area contributed by atoms with Crippen LogP contribution in [0.5, 0.6) is 0 Å². The molecule has 7 nitrogen and oxygen atoms in total. The standard InChI is InChI=1S/C19H20BrN3O4/c1-13(24)17(22-19(26)27-12-15-5-3-2-4-6-15)18(25)23-21-11-14-7-9-16(20)10-8-14/h2-11,13,17,24H,12H2,1H3,(H,22,26)(H,23,25). The zero-order valence-electron chi connectivity index (χ0n) is 14.6. The van der Waals surface area contributed by atoms with E-state index in [0.29, 0.717) is 0 Å². The van der Waals surface area contributed by atoms with Gasteiger partial charge in [-0.25, -0.2) is 10.2 Å². The van der Waals surface area contributed by atoms with Gasteiger partial charge < -0.3 is 15.2 Å². The molecule has 0 aromatic heterocycles. The zero-order chi connectivity index (χ0) is 19.6. The number of alkyl carbamates (subject to hydrolysis) is 1. The first-order valence-corrected chi connectivity index (χ1v) is 8.99. The number of carbonyl (C=O) groups excluding carboxylic acids is 2. The van der Waals surface area contributed by atoms with Gasteiger partial charge in [-0.15, -0.1) is 0 Å². The number of aliphatic hydroxyl groups is 1. The van der Waals surface area contributed by atoms with Crippen LogP contribution in [0.4, 0.5) is 4.79 Å². The molecule has 0 bridgehead atoms. The van der Waals surface area contributed by atoms with Crippen molar-refractivity contribution in [2.24, 2.45) is 5.10 Å². The Morgan fingerprint density at radius 1 is 1.19 bits per heavy atom. The second-order valence-corrected chi connectivity index (χ2v) is 6.63. The number of nitrogens with zero attached hydrogens (tertiary/aromatic N) is 1. The Bertz CT molecular complexity index is 779. The Labute approximate surface area is 165 Å². The van der Waals surface area contributed by atoms with Gasteiger partial charge in [-0.3, -0.25) is 4.79 Å². The monoisotopic (exact) mass is 433 g/mol. The maximum atomic E-state index is 12.2. The van der Waals surface area contributed by atoms with Crippen LogP contribution >= 0.6 is 15.9 Å². The molecule has 2 atom stereocenters. The summed E-state index contributed by atoms with van der Waals surface area (Å²) in [5.41, 5.74) is 3.88. The minimum atomic E-state index is -1.20. The van der Waals surface area contributed by atoms with Crippen molar-refractivity contribution in [3.05, 3.63) is 70.2 Å². The molecule has 0 saturated carbocycles. The van der Waals surface area contributed by atoms with E-state index < -0.39 is 24.1 Å². The van der Waals surface area contributed by atoms with Gasteiger partial charge in [0.15, 0.2) is 0 Å². The number of halogens is 1. The van der Waals surface area contributed by atoms with Crippen LogP contribution in [0.2, 0.25) is 0 Å². The lowest BCUT2D eigenvalue weighted by atomic mass is 10.2. The highest BCUT2D eigenvalue weighted by atomic mass is 79.9. The van der Waals surface area contributed by atoms with Crippen molar-refractivity contribution in [1.29, 1.82) is 0 Å². The summed E-state index contributed by atoms with van der Waals surface area (Å²) in [6.07, 6.45) is -0.481. The fourth-order valence-electron chi connectivity index (χ4n) is 2.09. The molecule has 0 spiro atoms. The summed E-state index contributed by atoms with van der Waals surface area (Å²) in [6.45, 7) is 1.45. The molecule has 3 N–H and O–H groups in total. The van der Waals surface area contributed by atoms with Crippen molar-refractivity contribution in [2.75, 3.05) is 0 Å². The highest BCUT2D eigenvalue weighted by Crippen LogP contribution is 2.09. The molecule has 2 aromatic rings. The quantitative estimate of drug-likeness (QED) is 0.461. The lowest BCUT2D eigenvalue weighted by molar-refractivity contribution is -0.125. The van der Waals surface area contributed by atoms with E-state index in [-0.39, 0.29) is 6.61 Å². The fraction of sp³-hybridized carbons (Fsp3) is 0.211. The molecule has 8 heteroatoms. The van der Waals surface area contributed by atoms with Crippen molar-refractivity contribution in [1.82, 2.24) is 10.7 Å². The highest BCUT2D eigenvalue weighted by Gasteiger charge is 2.26. The maximum absolute atomic E-state index is 12.2. The van der Waals surface area contributed by atoms with E-state index in [1.54, 1.807) is 0 Å². The van der Waals surface area contributed by atoms with E-state index in [0.717, 1.165) is 15.6 Å². The maximum Gasteiger partial charge on any atom is 0.408 e. The molecule has 27 heavy (non-hydrogen) atoms. The van der Waals surface area contributed by atoms with Crippen LogP contribution in [0.15, 0.2) is 64.2 Å². The summed E-state index contributed by atoms with van der Waals surface area (Å²) in [6, 6.07) is 15.2. The van der Waals surface area contributed by atoms with Gasteiger partial charge in [0.05, 0.1) is 12.3 Å². The molecule has 2 rings (SSSR count). The lowest BCUT2D eigenvalue weighted by Crippen LogP contribution is -2.51. The van der Waals surface area contributed by atoms with E-state index in [1.807, 2.05) is 54.6 Å². The predicted molar refractivity (Wildman–Crippen MR) is 105 cm³/mol. The molecule has 2 unspecified atom stereocenters. The van der Waals surface area contributed by atoms with Crippen LogP contribution in [0.25, 0.3) is 0 Å². The van der Waals surface area contributed by atoms with Crippen molar-refractivity contribution in [3.8, 4) is 0 Å². The van der Waals surface area contributed by atoms with Crippen LogP contribution in [0.3, 0.4) is 0 Å². The van der Waals surface area contributed by atoms with Gasteiger partial charge in [-0.05, 0) is 30.2 Å². The first-order valence-electron chi connectivity index (χ1n) is 8.19. The van der Waals surface area contributed by atoms with Gasteiger partial charge >= 0.3 is 6.09 Å². The summed E-state index contributed by atoms with van der Waals surface area (Å²) in [5, 5.41) is 15.9. The number of ether oxygens (including phenoxy) is 1. The van der Waals surface area contributed by atoms with Crippen LogP contribution < -0.4 is 10.7 Å². The number of nitrogens with one attached hydrogen (secondary N) is 2. The summed E-state index contributed by atoms with van der Waals surface area (Å²) < 4.78 is 5.99. The molecule has 0 aliphatic heterocycles. The third-order valence-electron chi connectivity index (χ3n) is 3.51. The molecule has 0 saturated heterocycles.